The fraction of sp³-hybridized carbons (Fsp3) is 0.385. The van der Waals surface area contributed by atoms with E-state index >= 15 is 0 Å². The van der Waals surface area contributed by atoms with Gasteiger partial charge in [0.15, 0.2) is 11.5 Å². The van der Waals surface area contributed by atoms with Gasteiger partial charge in [0.2, 0.25) is 5.95 Å². The summed E-state index contributed by atoms with van der Waals surface area (Å²) < 4.78 is 25.4. The molecule has 0 spiro atoms. The Labute approximate surface area is 215 Å². The van der Waals surface area contributed by atoms with Crippen LogP contribution in [-0.2, 0) is 0 Å². The summed E-state index contributed by atoms with van der Waals surface area (Å²) in [6.07, 6.45) is 5.49. The molecule has 0 atom stereocenters. The van der Waals surface area contributed by atoms with Crippen LogP contribution in [0.3, 0.4) is 0 Å². The lowest BCUT2D eigenvalue weighted by Crippen LogP contribution is -2.33. The minimum absolute atomic E-state index is 0.293. The summed E-state index contributed by atoms with van der Waals surface area (Å²) >= 11 is 3.45. The number of anilines is 4. The highest BCUT2D eigenvalue weighted by Gasteiger charge is 2.12. The fourth-order valence-corrected chi connectivity index (χ4v) is 3.94. The number of benzene rings is 2. The van der Waals surface area contributed by atoms with Gasteiger partial charge in [-0.25, -0.2) is 9.37 Å². The maximum Gasteiger partial charge on any atom is 0.229 e. The highest BCUT2D eigenvalue weighted by Crippen LogP contribution is 2.32. The first-order chi connectivity index (χ1) is 17.1. The maximum absolute atomic E-state index is 13.2. The molecule has 1 aliphatic rings. The first-order valence-electron chi connectivity index (χ1n) is 12.0. The van der Waals surface area contributed by atoms with E-state index in [1.165, 1.54) is 31.4 Å². The second kappa shape index (κ2) is 13.8. The molecule has 1 fully saturated rings. The van der Waals surface area contributed by atoms with Gasteiger partial charge in [0.25, 0.3) is 0 Å². The number of nitrogens with one attached hydrogen (secondary N) is 2. The Morgan fingerprint density at radius 3 is 2.40 bits per heavy atom. The van der Waals surface area contributed by atoms with Crippen LogP contribution < -0.4 is 20.1 Å². The Balaban J connectivity index is 0.00000167. The second-order valence-corrected chi connectivity index (χ2v) is 8.62. The molecule has 0 radical (unpaired) electrons. The van der Waals surface area contributed by atoms with Gasteiger partial charge in [0, 0.05) is 30.2 Å². The first-order valence-corrected chi connectivity index (χ1v) is 12.8. The Kier molecular flexibility index (Phi) is 10.6. The van der Waals surface area contributed by atoms with E-state index in [1.54, 1.807) is 25.4 Å². The van der Waals surface area contributed by atoms with Gasteiger partial charge in [-0.1, -0.05) is 20.3 Å². The Morgan fingerprint density at radius 1 is 0.971 bits per heavy atom. The molecule has 0 unspecified atom stereocenters. The molecule has 35 heavy (non-hydrogen) atoms. The number of aromatic nitrogens is 2. The van der Waals surface area contributed by atoms with E-state index in [0.29, 0.717) is 34.3 Å². The summed E-state index contributed by atoms with van der Waals surface area (Å²) in [4.78, 5) is 11.3. The number of nitrogens with zero attached hydrogens (tertiary/aromatic N) is 3. The molecular formula is C26H33BrFN5O2. The topological polar surface area (TPSA) is 71.5 Å². The molecule has 2 aromatic carbocycles. The van der Waals surface area contributed by atoms with Crippen molar-refractivity contribution in [3.63, 3.8) is 0 Å². The predicted octanol–water partition coefficient (Wildman–Crippen LogP) is 6.76. The third-order valence-corrected chi connectivity index (χ3v) is 5.96. The molecule has 3 aromatic rings. The van der Waals surface area contributed by atoms with Crippen LogP contribution in [-0.4, -0.2) is 48.2 Å². The smallest absolute Gasteiger partial charge is 0.229 e. The van der Waals surface area contributed by atoms with Crippen molar-refractivity contribution in [1.82, 2.24) is 14.9 Å². The van der Waals surface area contributed by atoms with Gasteiger partial charge in [-0.05, 0) is 78.3 Å². The molecular weight excluding hydrogens is 513 g/mol. The van der Waals surface area contributed by atoms with E-state index in [9.17, 15) is 4.39 Å². The van der Waals surface area contributed by atoms with Crippen LogP contribution >= 0.6 is 15.9 Å². The molecule has 7 nitrogen and oxygen atoms in total. The van der Waals surface area contributed by atoms with Crippen LogP contribution in [0.1, 0.15) is 33.1 Å². The Morgan fingerprint density at radius 2 is 1.69 bits per heavy atom. The Bertz CT molecular complexity index is 1060. The van der Waals surface area contributed by atoms with Crippen molar-refractivity contribution in [2.75, 3.05) is 44.0 Å². The largest absolute Gasteiger partial charge is 0.493 e. The average molecular weight is 546 g/mol. The minimum atomic E-state index is -0.293. The number of ether oxygens (including phenoxy) is 2. The summed E-state index contributed by atoms with van der Waals surface area (Å²) in [5.41, 5.74) is 1.49. The number of hydrogen-bond acceptors (Lipinski definition) is 7. The van der Waals surface area contributed by atoms with Gasteiger partial charge >= 0.3 is 0 Å². The number of rotatable bonds is 9. The van der Waals surface area contributed by atoms with Crippen molar-refractivity contribution < 1.29 is 13.9 Å². The molecule has 0 bridgehead atoms. The third kappa shape index (κ3) is 8.07. The van der Waals surface area contributed by atoms with Crippen molar-refractivity contribution in [2.24, 2.45) is 0 Å². The molecule has 0 aliphatic carbocycles. The van der Waals surface area contributed by atoms with Gasteiger partial charge in [-0.2, -0.15) is 4.98 Å². The van der Waals surface area contributed by atoms with Crippen molar-refractivity contribution in [2.45, 2.75) is 33.1 Å². The lowest BCUT2D eigenvalue weighted by molar-refractivity contribution is 0.180. The van der Waals surface area contributed by atoms with Crippen LogP contribution in [0.5, 0.6) is 11.5 Å². The standard InChI is InChI=1S/C24H27BrFN5O2.C2H6/c1-32-21-10-9-19(15-22(21)33-14-13-31-11-3-2-4-12-31)29-24-27-16-20(25)23(30-24)28-18-7-5-17(26)6-8-18;1-2/h5-10,15-16H,2-4,11-14H2,1H3,(H2,27,28,29,30);1-2H3. The molecule has 1 aliphatic heterocycles. The molecule has 4 rings (SSSR count). The summed E-state index contributed by atoms with van der Waals surface area (Å²) in [6, 6.07) is 11.7. The Hall–Kier alpha value is -2.91. The van der Waals surface area contributed by atoms with Gasteiger partial charge in [-0.15, -0.1) is 0 Å². The SMILES string of the molecule is CC.COc1ccc(Nc2ncc(Br)c(Nc3ccc(F)cc3)n2)cc1OCCN1CCCCC1. The van der Waals surface area contributed by atoms with E-state index in [-0.39, 0.29) is 5.82 Å². The molecule has 1 saturated heterocycles. The molecule has 2 N–H and O–H groups in total. The number of hydrogen-bond donors (Lipinski definition) is 2. The molecule has 9 heteroatoms. The molecule has 0 amide bonds. The van der Waals surface area contributed by atoms with Gasteiger partial charge in [-0.3, -0.25) is 4.90 Å². The fourth-order valence-electron chi connectivity index (χ4n) is 3.65. The van der Waals surface area contributed by atoms with Crippen molar-refractivity contribution in [3.05, 3.63) is 59.0 Å². The zero-order chi connectivity index (χ0) is 25.0. The van der Waals surface area contributed by atoms with Crippen molar-refractivity contribution in [1.29, 1.82) is 0 Å². The quantitative estimate of drug-likeness (QED) is 0.307. The maximum atomic E-state index is 13.2. The highest BCUT2D eigenvalue weighted by atomic mass is 79.9. The molecule has 188 valence electrons. The lowest BCUT2D eigenvalue weighted by Gasteiger charge is -2.26. The number of methoxy groups -OCH3 is 1. The van der Waals surface area contributed by atoms with Gasteiger partial charge in [0.05, 0.1) is 11.6 Å². The van der Waals surface area contributed by atoms with E-state index in [4.69, 9.17) is 9.47 Å². The van der Waals surface area contributed by atoms with Crippen LogP contribution in [0.15, 0.2) is 53.1 Å². The van der Waals surface area contributed by atoms with Crippen LogP contribution in [0.25, 0.3) is 0 Å². The predicted molar refractivity (Wildman–Crippen MR) is 143 cm³/mol. The van der Waals surface area contributed by atoms with E-state index in [0.717, 1.165) is 31.0 Å². The van der Waals surface area contributed by atoms with Crippen molar-refractivity contribution >= 4 is 39.1 Å². The summed E-state index contributed by atoms with van der Waals surface area (Å²) in [5, 5.41) is 6.37. The van der Waals surface area contributed by atoms with Gasteiger partial charge in [0.1, 0.15) is 18.2 Å². The summed E-state index contributed by atoms with van der Waals surface area (Å²) in [7, 11) is 1.63. The van der Waals surface area contributed by atoms with Gasteiger partial charge < -0.3 is 20.1 Å². The third-order valence-electron chi connectivity index (χ3n) is 5.38. The summed E-state index contributed by atoms with van der Waals surface area (Å²) in [6.45, 7) is 7.77. The van der Waals surface area contributed by atoms with Crippen LogP contribution in [0.4, 0.5) is 27.5 Å². The van der Waals surface area contributed by atoms with E-state index in [2.05, 4.69) is 41.4 Å². The average Bonchev–Trinajstić information content (AvgIpc) is 2.89. The lowest BCUT2D eigenvalue weighted by atomic mass is 10.1. The van der Waals surface area contributed by atoms with E-state index in [1.807, 2.05) is 32.0 Å². The zero-order valence-electron chi connectivity index (χ0n) is 20.5. The van der Waals surface area contributed by atoms with Crippen LogP contribution in [0, 0.1) is 5.82 Å². The molecule has 2 heterocycles. The van der Waals surface area contributed by atoms with Crippen LogP contribution in [0.2, 0.25) is 0 Å². The number of likely N-dealkylation sites (tertiary alicyclic amines) is 1. The molecule has 0 saturated carbocycles. The minimum Gasteiger partial charge on any atom is -0.493 e. The summed E-state index contributed by atoms with van der Waals surface area (Å²) in [5.74, 6) is 2.02. The number of halogens is 2. The van der Waals surface area contributed by atoms with Crippen molar-refractivity contribution in [3.8, 4) is 11.5 Å². The highest BCUT2D eigenvalue weighted by molar-refractivity contribution is 9.10. The van der Waals surface area contributed by atoms with E-state index < -0.39 is 0 Å². The first kappa shape index (κ1) is 26.7. The molecule has 1 aromatic heterocycles. The number of piperidine rings is 1. The monoisotopic (exact) mass is 545 g/mol. The normalized spacial score (nSPS) is 13.4. The second-order valence-electron chi connectivity index (χ2n) is 7.76. The zero-order valence-corrected chi connectivity index (χ0v) is 22.1.